The van der Waals surface area contributed by atoms with Gasteiger partial charge < -0.3 is 14.8 Å². The van der Waals surface area contributed by atoms with Crippen molar-refractivity contribution in [1.29, 1.82) is 0 Å². The van der Waals surface area contributed by atoms with Gasteiger partial charge >= 0.3 is 0 Å². The number of ether oxygens (including phenoxy) is 2. The van der Waals surface area contributed by atoms with Crippen molar-refractivity contribution < 1.29 is 22.7 Å². The maximum absolute atomic E-state index is 13.8. The number of carbonyl (C=O) groups excluding carboxylic acids is 1. The van der Waals surface area contributed by atoms with Crippen molar-refractivity contribution in [3.63, 3.8) is 0 Å². The van der Waals surface area contributed by atoms with Gasteiger partial charge in [0, 0.05) is 12.0 Å². The topological polar surface area (TPSA) is 84.9 Å². The minimum atomic E-state index is -3.93. The van der Waals surface area contributed by atoms with Crippen LogP contribution in [0.3, 0.4) is 0 Å². The van der Waals surface area contributed by atoms with E-state index in [1.54, 1.807) is 36.4 Å². The van der Waals surface area contributed by atoms with Crippen LogP contribution in [0.5, 0.6) is 11.5 Å². The molecule has 7 nitrogen and oxygen atoms in total. The Morgan fingerprint density at radius 1 is 0.974 bits per heavy atom. The number of nitrogens with one attached hydrogen (secondary N) is 1. The second-order valence-corrected chi connectivity index (χ2v) is 12.1. The molecule has 5 rings (SSSR count). The highest BCUT2D eigenvalue weighted by Gasteiger charge is 2.42. The van der Waals surface area contributed by atoms with Crippen LogP contribution < -0.4 is 19.1 Å². The van der Waals surface area contributed by atoms with Crippen LogP contribution in [0.25, 0.3) is 0 Å². The zero-order chi connectivity index (χ0) is 27.1. The molecule has 1 amide bonds. The van der Waals surface area contributed by atoms with Crippen LogP contribution in [0, 0.1) is 13.8 Å². The van der Waals surface area contributed by atoms with Crippen molar-refractivity contribution in [3.8, 4) is 11.5 Å². The first-order chi connectivity index (χ1) is 18.2. The number of aryl methyl sites for hydroxylation is 2. The third-order valence-electron chi connectivity index (χ3n) is 7.69. The lowest BCUT2D eigenvalue weighted by atomic mass is 9.83. The van der Waals surface area contributed by atoms with E-state index in [-0.39, 0.29) is 29.0 Å². The largest absolute Gasteiger partial charge is 0.487 e. The SMILES string of the molecule is CCC1(CC)C[C@@H](NC(=O)[C@@H]2CN(S(=O)(=O)c3ccc(C)cc3)c3cc(C)ccc3O2)c2ccccc2O1. The van der Waals surface area contributed by atoms with Gasteiger partial charge in [-0.1, -0.05) is 55.8 Å². The van der Waals surface area contributed by atoms with Crippen molar-refractivity contribution in [2.45, 2.75) is 69.6 Å². The molecule has 0 saturated carbocycles. The lowest BCUT2D eigenvalue weighted by Crippen LogP contribution is -2.52. The number of sulfonamides is 1. The Morgan fingerprint density at radius 2 is 1.66 bits per heavy atom. The molecule has 1 N–H and O–H groups in total. The lowest BCUT2D eigenvalue weighted by molar-refractivity contribution is -0.129. The number of hydrogen-bond acceptors (Lipinski definition) is 5. The highest BCUT2D eigenvalue weighted by atomic mass is 32.2. The first kappa shape index (κ1) is 26.1. The lowest BCUT2D eigenvalue weighted by Gasteiger charge is -2.42. The number of amides is 1. The van der Waals surface area contributed by atoms with E-state index < -0.39 is 16.1 Å². The molecule has 2 aliphatic rings. The zero-order valence-corrected chi connectivity index (χ0v) is 23.0. The molecule has 0 aromatic heterocycles. The summed E-state index contributed by atoms with van der Waals surface area (Å²) in [5, 5.41) is 3.16. The van der Waals surface area contributed by atoms with Crippen molar-refractivity contribution >= 4 is 21.6 Å². The van der Waals surface area contributed by atoms with Crippen LogP contribution in [0.15, 0.2) is 71.6 Å². The Labute approximate surface area is 224 Å². The van der Waals surface area contributed by atoms with E-state index in [0.717, 1.165) is 35.3 Å². The van der Waals surface area contributed by atoms with E-state index in [1.807, 2.05) is 44.2 Å². The number of rotatable bonds is 6. The summed E-state index contributed by atoms with van der Waals surface area (Å²) in [5.41, 5.74) is 2.82. The molecule has 38 heavy (non-hydrogen) atoms. The Bertz CT molecular complexity index is 1450. The number of fused-ring (bicyclic) bond motifs is 2. The second-order valence-electron chi connectivity index (χ2n) is 10.2. The van der Waals surface area contributed by atoms with Gasteiger partial charge in [-0.05, 0) is 62.6 Å². The van der Waals surface area contributed by atoms with Gasteiger partial charge in [-0.15, -0.1) is 0 Å². The zero-order valence-electron chi connectivity index (χ0n) is 22.2. The molecule has 2 aliphatic heterocycles. The maximum Gasteiger partial charge on any atom is 0.264 e. The number of para-hydroxylation sites is 1. The standard InChI is InChI=1S/C30H34N2O5S/c1-5-30(6-2)18-24(23-9-7-8-10-26(23)37-30)31-29(33)28-19-32(25-17-21(4)13-16-27(25)36-28)38(34,35)22-14-11-20(3)12-15-22/h7-17,24,28H,5-6,18-19H2,1-4H3,(H,31,33)/t24-,28+/m1/s1. The predicted octanol–water partition coefficient (Wildman–Crippen LogP) is 5.46. The molecule has 2 heterocycles. The summed E-state index contributed by atoms with van der Waals surface area (Å²) in [7, 11) is -3.93. The molecule has 0 spiro atoms. The fourth-order valence-electron chi connectivity index (χ4n) is 5.26. The summed E-state index contributed by atoms with van der Waals surface area (Å²) in [6.45, 7) is 7.85. The van der Waals surface area contributed by atoms with Gasteiger partial charge in [0.15, 0.2) is 6.10 Å². The van der Waals surface area contributed by atoms with Gasteiger partial charge in [0.1, 0.15) is 17.1 Å². The van der Waals surface area contributed by atoms with E-state index >= 15 is 0 Å². The minimum absolute atomic E-state index is 0.129. The summed E-state index contributed by atoms with van der Waals surface area (Å²) >= 11 is 0. The number of hydrogen-bond donors (Lipinski definition) is 1. The number of benzene rings is 3. The first-order valence-electron chi connectivity index (χ1n) is 13.1. The number of anilines is 1. The Balaban J connectivity index is 1.47. The number of carbonyl (C=O) groups is 1. The maximum atomic E-state index is 13.8. The molecule has 3 aromatic carbocycles. The molecule has 0 fully saturated rings. The van der Waals surface area contributed by atoms with E-state index in [9.17, 15) is 13.2 Å². The predicted molar refractivity (Wildman–Crippen MR) is 147 cm³/mol. The van der Waals surface area contributed by atoms with E-state index in [0.29, 0.717) is 17.9 Å². The molecule has 0 radical (unpaired) electrons. The van der Waals surface area contributed by atoms with Crippen molar-refractivity contribution in [3.05, 3.63) is 83.4 Å². The molecule has 0 bridgehead atoms. The first-order valence-corrected chi connectivity index (χ1v) is 14.5. The molecule has 2 atom stereocenters. The minimum Gasteiger partial charge on any atom is -0.487 e. The quantitative estimate of drug-likeness (QED) is 0.454. The van der Waals surface area contributed by atoms with Crippen LogP contribution in [0.2, 0.25) is 0 Å². The summed E-state index contributed by atoms with van der Waals surface area (Å²) in [4.78, 5) is 13.9. The Kier molecular flexibility index (Phi) is 6.86. The third-order valence-corrected chi connectivity index (χ3v) is 9.48. The van der Waals surface area contributed by atoms with E-state index in [1.165, 1.54) is 4.31 Å². The molecule has 3 aromatic rings. The van der Waals surface area contributed by atoms with Gasteiger partial charge in [-0.25, -0.2) is 8.42 Å². The Morgan fingerprint density at radius 3 is 2.37 bits per heavy atom. The van der Waals surface area contributed by atoms with Crippen LogP contribution in [-0.4, -0.2) is 32.6 Å². The number of nitrogens with zero attached hydrogens (tertiary/aromatic N) is 1. The normalized spacial score (nSPS) is 19.9. The van der Waals surface area contributed by atoms with Crippen molar-refractivity contribution in [1.82, 2.24) is 5.32 Å². The second kappa shape index (κ2) is 9.98. The molecule has 200 valence electrons. The fourth-order valence-corrected chi connectivity index (χ4v) is 6.73. The van der Waals surface area contributed by atoms with Gasteiger partial charge in [0.05, 0.1) is 23.2 Å². The average Bonchev–Trinajstić information content (AvgIpc) is 2.92. The molecule has 0 unspecified atom stereocenters. The monoisotopic (exact) mass is 534 g/mol. The highest BCUT2D eigenvalue weighted by Crippen LogP contribution is 2.43. The smallest absolute Gasteiger partial charge is 0.264 e. The van der Waals surface area contributed by atoms with Crippen LogP contribution in [0.4, 0.5) is 5.69 Å². The molecule has 0 aliphatic carbocycles. The highest BCUT2D eigenvalue weighted by molar-refractivity contribution is 7.92. The molecular weight excluding hydrogens is 500 g/mol. The summed E-state index contributed by atoms with van der Waals surface area (Å²) in [6.07, 6.45) is 1.22. The summed E-state index contributed by atoms with van der Waals surface area (Å²) in [5.74, 6) is 0.770. The van der Waals surface area contributed by atoms with Gasteiger partial charge in [-0.2, -0.15) is 0 Å². The fraction of sp³-hybridized carbons (Fsp3) is 0.367. The molecular formula is C30H34N2O5S. The van der Waals surface area contributed by atoms with Gasteiger partial charge in [0.25, 0.3) is 15.9 Å². The van der Waals surface area contributed by atoms with Gasteiger partial charge in [0.2, 0.25) is 0 Å². The Hall–Kier alpha value is -3.52. The summed E-state index contributed by atoms with van der Waals surface area (Å²) in [6, 6.07) is 19.6. The molecule has 0 saturated heterocycles. The van der Waals surface area contributed by atoms with Crippen LogP contribution in [-0.2, 0) is 14.8 Å². The average molecular weight is 535 g/mol. The van der Waals surface area contributed by atoms with E-state index in [4.69, 9.17) is 9.47 Å². The van der Waals surface area contributed by atoms with Crippen LogP contribution in [0.1, 0.15) is 55.8 Å². The molecule has 8 heteroatoms. The summed E-state index contributed by atoms with van der Waals surface area (Å²) < 4.78 is 41.4. The van der Waals surface area contributed by atoms with Gasteiger partial charge in [-0.3, -0.25) is 9.10 Å². The van der Waals surface area contributed by atoms with Crippen molar-refractivity contribution in [2.75, 3.05) is 10.8 Å². The van der Waals surface area contributed by atoms with Crippen LogP contribution >= 0.6 is 0 Å². The third kappa shape index (κ3) is 4.73. The van der Waals surface area contributed by atoms with E-state index in [2.05, 4.69) is 19.2 Å². The van der Waals surface area contributed by atoms with Crippen molar-refractivity contribution in [2.24, 2.45) is 0 Å².